The normalized spacial score (nSPS) is 9.38. The number of pyridine rings is 1. The number of aromatic nitrogens is 1. The van der Waals surface area contributed by atoms with Gasteiger partial charge in [0.05, 0.1) is 17.2 Å². The zero-order valence-electron chi connectivity index (χ0n) is 12.7. The van der Waals surface area contributed by atoms with Gasteiger partial charge in [-0.1, -0.05) is 6.07 Å². The molecule has 0 saturated heterocycles. The van der Waals surface area contributed by atoms with Crippen molar-refractivity contribution in [2.45, 2.75) is 13.5 Å². The van der Waals surface area contributed by atoms with Gasteiger partial charge in [0.15, 0.2) is 0 Å². The van der Waals surface area contributed by atoms with Gasteiger partial charge in [-0.25, -0.2) is 9.59 Å². The number of hydrogen-bond donors (Lipinski definition) is 3. The molecule has 2 rings (SSSR count). The highest BCUT2D eigenvalue weighted by Gasteiger charge is 2.07. The molecule has 0 aliphatic heterocycles. The highest BCUT2D eigenvalue weighted by atomic mass is 16.6. The average Bonchev–Trinajstić information content (AvgIpc) is 2.55. The summed E-state index contributed by atoms with van der Waals surface area (Å²) in [6.07, 6.45) is 1.74. The van der Waals surface area contributed by atoms with Gasteiger partial charge in [0.2, 0.25) is 0 Å². The fraction of sp³-hybridized carbons (Fsp3) is 0.133. The number of benzene rings is 1. The van der Waals surface area contributed by atoms with Crippen molar-refractivity contribution in [1.82, 2.24) is 4.98 Å². The standard InChI is InChI=1S/C13H13N3O2.C2H2O4/c1-10-8-12(16(17)18)5-6-13(10)15-9-11-4-2-3-7-14-11;3-1(4)2(5)6/h2-8,15H,9H2,1H3;(H,3,4)(H,5,6). The van der Waals surface area contributed by atoms with Gasteiger partial charge in [-0.05, 0) is 30.7 Å². The first-order valence-electron chi connectivity index (χ1n) is 6.66. The van der Waals surface area contributed by atoms with E-state index >= 15 is 0 Å². The summed E-state index contributed by atoms with van der Waals surface area (Å²) >= 11 is 0. The monoisotopic (exact) mass is 333 g/mol. The van der Waals surface area contributed by atoms with Gasteiger partial charge in [-0.3, -0.25) is 15.1 Å². The van der Waals surface area contributed by atoms with E-state index in [1.54, 1.807) is 18.3 Å². The number of nitrogens with zero attached hydrogens (tertiary/aromatic N) is 2. The van der Waals surface area contributed by atoms with Crippen molar-refractivity contribution in [3.8, 4) is 0 Å². The number of nitro groups is 1. The minimum atomic E-state index is -1.82. The van der Waals surface area contributed by atoms with Crippen LogP contribution in [0, 0.1) is 17.0 Å². The first kappa shape index (κ1) is 18.6. The molecule has 0 atom stereocenters. The maximum absolute atomic E-state index is 10.6. The highest BCUT2D eigenvalue weighted by Crippen LogP contribution is 2.21. The van der Waals surface area contributed by atoms with Gasteiger partial charge in [-0.15, -0.1) is 0 Å². The van der Waals surface area contributed by atoms with Crippen molar-refractivity contribution in [2.75, 3.05) is 5.32 Å². The minimum Gasteiger partial charge on any atom is -0.473 e. The number of carboxylic acids is 2. The molecule has 1 aromatic heterocycles. The van der Waals surface area contributed by atoms with Gasteiger partial charge < -0.3 is 15.5 Å². The molecule has 0 fully saturated rings. The molecule has 0 aliphatic carbocycles. The van der Waals surface area contributed by atoms with Crippen LogP contribution in [-0.2, 0) is 16.1 Å². The number of aliphatic carboxylic acids is 2. The third-order valence-corrected chi connectivity index (χ3v) is 2.79. The second-order valence-corrected chi connectivity index (χ2v) is 4.54. The van der Waals surface area contributed by atoms with Crippen molar-refractivity contribution < 1.29 is 24.7 Å². The Bertz CT molecular complexity index is 721. The fourth-order valence-electron chi connectivity index (χ4n) is 1.65. The fourth-order valence-corrected chi connectivity index (χ4v) is 1.65. The molecular formula is C15H15N3O6. The molecule has 9 heteroatoms. The molecule has 0 aliphatic rings. The van der Waals surface area contributed by atoms with Crippen LogP contribution in [0.3, 0.4) is 0 Å². The number of carbonyl (C=O) groups is 2. The molecule has 0 spiro atoms. The Balaban J connectivity index is 0.000000413. The number of nitro benzene ring substituents is 1. The van der Waals surface area contributed by atoms with E-state index in [-0.39, 0.29) is 5.69 Å². The van der Waals surface area contributed by atoms with Crippen LogP contribution in [0.2, 0.25) is 0 Å². The SMILES string of the molecule is Cc1cc([N+](=O)[O-])ccc1NCc1ccccn1.O=C(O)C(=O)O. The molecule has 126 valence electrons. The molecular weight excluding hydrogens is 318 g/mol. The molecule has 24 heavy (non-hydrogen) atoms. The summed E-state index contributed by atoms with van der Waals surface area (Å²) in [5, 5.41) is 28.6. The lowest BCUT2D eigenvalue weighted by molar-refractivity contribution is -0.384. The molecule has 9 nitrogen and oxygen atoms in total. The minimum absolute atomic E-state index is 0.107. The lowest BCUT2D eigenvalue weighted by atomic mass is 10.2. The summed E-state index contributed by atoms with van der Waals surface area (Å²) in [5.74, 6) is -3.65. The van der Waals surface area contributed by atoms with E-state index in [1.807, 2.05) is 25.1 Å². The van der Waals surface area contributed by atoms with E-state index < -0.39 is 16.9 Å². The zero-order valence-corrected chi connectivity index (χ0v) is 12.7. The van der Waals surface area contributed by atoms with Crippen molar-refractivity contribution in [2.24, 2.45) is 0 Å². The molecule has 0 unspecified atom stereocenters. The van der Waals surface area contributed by atoms with Crippen LogP contribution >= 0.6 is 0 Å². The Morgan fingerprint density at radius 2 is 1.88 bits per heavy atom. The lowest BCUT2D eigenvalue weighted by Gasteiger charge is -2.08. The van der Waals surface area contributed by atoms with Crippen LogP contribution in [0.15, 0.2) is 42.6 Å². The number of rotatable bonds is 4. The van der Waals surface area contributed by atoms with Crippen LogP contribution in [0.1, 0.15) is 11.3 Å². The Morgan fingerprint density at radius 3 is 2.33 bits per heavy atom. The number of carboxylic acid groups (broad SMARTS) is 2. The van der Waals surface area contributed by atoms with Crippen molar-refractivity contribution in [3.63, 3.8) is 0 Å². The molecule has 1 heterocycles. The number of anilines is 1. The van der Waals surface area contributed by atoms with E-state index in [4.69, 9.17) is 19.8 Å². The van der Waals surface area contributed by atoms with Crippen molar-refractivity contribution >= 4 is 23.3 Å². The van der Waals surface area contributed by atoms with Crippen LogP contribution in [0.5, 0.6) is 0 Å². The predicted molar refractivity (Wildman–Crippen MR) is 84.7 cm³/mol. The Kier molecular flexibility index (Phi) is 6.83. The van der Waals surface area contributed by atoms with Gasteiger partial charge in [0, 0.05) is 24.0 Å². The average molecular weight is 333 g/mol. The quantitative estimate of drug-likeness (QED) is 0.438. The first-order chi connectivity index (χ1) is 11.3. The smallest absolute Gasteiger partial charge is 0.414 e. The first-order valence-corrected chi connectivity index (χ1v) is 6.66. The number of nitrogens with one attached hydrogen (secondary N) is 1. The summed E-state index contributed by atoms with van der Waals surface area (Å²) < 4.78 is 0. The molecule has 0 bridgehead atoms. The zero-order chi connectivity index (χ0) is 18.1. The molecule has 2 aromatic rings. The number of hydrogen-bond acceptors (Lipinski definition) is 6. The van der Waals surface area contributed by atoms with E-state index in [2.05, 4.69) is 10.3 Å². The Labute approximate surface area is 136 Å². The summed E-state index contributed by atoms with van der Waals surface area (Å²) in [4.78, 5) is 32.6. The molecule has 1 aromatic carbocycles. The van der Waals surface area contributed by atoms with Crippen molar-refractivity contribution in [1.29, 1.82) is 0 Å². The van der Waals surface area contributed by atoms with Crippen LogP contribution in [0.25, 0.3) is 0 Å². The second kappa shape index (κ2) is 8.83. The molecule has 0 saturated carbocycles. The summed E-state index contributed by atoms with van der Waals surface area (Å²) in [6.45, 7) is 2.44. The third-order valence-electron chi connectivity index (χ3n) is 2.79. The maximum Gasteiger partial charge on any atom is 0.414 e. The predicted octanol–water partition coefficient (Wildman–Crippen LogP) is 2.07. The summed E-state index contributed by atoms with van der Waals surface area (Å²) in [5.41, 5.74) is 2.76. The second-order valence-electron chi connectivity index (χ2n) is 4.54. The lowest BCUT2D eigenvalue weighted by Crippen LogP contribution is -2.09. The van der Waals surface area contributed by atoms with E-state index in [0.29, 0.717) is 6.54 Å². The van der Waals surface area contributed by atoms with E-state index in [0.717, 1.165) is 16.9 Å². The molecule has 0 amide bonds. The Morgan fingerprint density at radius 1 is 1.21 bits per heavy atom. The topological polar surface area (TPSA) is 143 Å². The van der Waals surface area contributed by atoms with Crippen molar-refractivity contribution in [3.05, 3.63) is 64.0 Å². The van der Waals surface area contributed by atoms with Gasteiger partial charge >= 0.3 is 11.9 Å². The maximum atomic E-state index is 10.6. The van der Waals surface area contributed by atoms with Crippen LogP contribution < -0.4 is 5.32 Å². The number of non-ortho nitro benzene ring substituents is 1. The highest BCUT2D eigenvalue weighted by molar-refractivity contribution is 6.27. The largest absolute Gasteiger partial charge is 0.473 e. The van der Waals surface area contributed by atoms with E-state index in [1.165, 1.54) is 6.07 Å². The van der Waals surface area contributed by atoms with E-state index in [9.17, 15) is 10.1 Å². The molecule has 0 radical (unpaired) electrons. The summed E-state index contributed by atoms with van der Waals surface area (Å²) in [6, 6.07) is 10.5. The summed E-state index contributed by atoms with van der Waals surface area (Å²) in [7, 11) is 0. The molecule has 3 N–H and O–H groups in total. The number of aryl methyl sites for hydroxylation is 1. The van der Waals surface area contributed by atoms with Crippen LogP contribution in [-0.4, -0.2) is 32.1 Å². The Hall–Kier alpha value is -3.49. The van der Waals surface area contributed by atoms with Gasteiger partial charge in [0.1, 0.15) is 0 Å². The van der Waals surface area contributed by atoms with Crippen LogP contribution in [0.4, 0.5) is 11.4 Å². The van der Waals surface area contributed by atoms with Gasteiger partial charge in [-0.2, -0.15) is 0 Å². The van der Waals surface area contributed by atoms with Gasteiger partial charge in [0.25, 0.3) is 5.69 Å². The third kappa shape index (κ3) is 6.10.